The van der Waals surface area contributed by atoms with Crippen molar-refractivity contribution in [3.05, 3.63) is 18.7 Å². The molecule has 0 aromatic carbocycles. The molecule has 0 bridgehead atoms. The Kier molecular flexibility index (Phi) is 8.61. The maximum atomic E-state index is 2.32. The van der Waals surface area contributed by atoms with Gasteiger partial charge >= 0.3 is 0 Å². The van der Waals surface area contributed by atoms with E-state index in [1.54, 1.807) is 0 Å². The lowest BCUT2D eigenvalue weighted by molar-refractivity contribution is -0.671. The molecule has 1 aromatic heterocycles. The number of hydrogen-bond donors (Lipinski definition) is 0. The summed E-state index contributed by atoms with van der Waals surface area (Å²) in [5, 5.41) is 0. The molecule has 0 aliphatic carbocycles. The van der Waals surface area contributed by atoms with Crippen LogP contribution < -0.4 is 4.57 Å². The highest BCUT2D eigenvalue weighted by atomic mass is 15.1. The lowest BCUT2D eigenvalue weighted by atomic mass is 10.0. The van der Waals surface area contributed by atoms with Gasteiger partial charge in [-0.15, -0.1) is 0 Å². The monoisotopic (exact) mass is 265 g/mol. The lowest BCUT2D eigenvalue weighted by Crippen LogP contribution is -2.23. The fourth-order valence-corrected chi connectivity index (χ4v) is 2.54. The van der Waals surface area contributed by atoms with Crippen molar-refractivity contribution in [3.63, 3.8) is 0 Å². The van der Waals surface area contributed by atoms with Crippen LogP contribution in [-0.2, 0) is 13.6 Å². The minimum Gasteiger partial charge on any atom is -0.240 e. The van der Waals surface area contributed by atoms with E-state index in [2.05, 4.69) is 48.8 Å². The van der Waals surface area contributed by atoms with Crippen LogP contribution in [0, 0.1) is 5.92 Å². The number of aryl methyl sites for hydroxylation is 2. The zero-order valence-electron chi connectivity index (χ0n) is 13.3. The summed E-state index contributed by atoms with van der Waals surface area (Å²) in [6.07, 6.45) is 19.2. The first kappa shape index (κ1) is 16.3. The average Bonchev–Trinajstić information content (AvgIpc) is 2.77. The normalized spacial score (nSPS) is 11.4. The quantitative estimate of drug-likeness (QED) is 0.412. The number of imidazole rings is 1. The van der Waals surface area contributed by atoms with E-state index in [9.17, 15) is 0 Å². The van der Waals surface area contributed by atoms with Gasteiger partial charge in [-0.25, -0.2) is 9.13 Å². The molecule has 110 valence electrons. The Balaban J connectivity index is 1.81. The van der Waals surface area contributed by atoms with Gasteiger partial charge in [-0.2, -0.15) is 0 Å². The Bertz CT molecular complexity index is 315. The molecular formula is C17H33N2+. The Morgan fingerprint density at radius 1 is 0.895 bits per heavy atom. The molecule has 0 radical (unpaired) electrons. The zero-order valence-corrected chi connectivity index (χ0v) is 13.3. The summed E-state index contributed by atoms with van der Waals surface area (Å²) in [6, 6.07) is 0. The number of hydrogen-bond acceptors (Lipinski definition) is 0. The van der Waals surface area contributed by atoms with Crippen LogP contribution in [-0.4, -0.2) is 4.57 Å². The summed E-state index contributed by atoms with van der Waals surface area (Å²) in [6.45, 7) is 5.82. The van der Waals surface area contributed by atoms with Crippen molar-refractivity contribution in [2.24, 2.45) is 13.0 Å². The van der Waals surface area contributed by atoms with E-state index in [-0.39, 0.29) is 0 Å². The molecule has 0 aliphatic heterocycles. The van der Waals surface area contributed by atoms with Crippen molar-refractivity contribution in [2.45, 2.75) is 78.2 Å². The molecule has 2 nitrogen and oxygen atoms in total. The molecule has 0 saturated heterocycles. The Morgan fingerprint density at radius 2 is 1.47 bits per heavy atom. The predicted octanol–water partition coefficient (Wildman–Crippen LogP) is 4.48. The second-order valence-electron chi connectivity index (χ2n) is 6.33. The maximum absolute atomic E-state index is 2.32. The van der Waals surface area contributed by atoms with Crippen molar-refractivity contribution in [2.75, 3.05) is 0 Å². The molecule has 19 heavy (non-hydrogen) atoms. The van der Waals surface area contributed by atoms with Gasteiger partial charge in [0, 0.05) is 0 Å². The van der Waals surface area contributed by atoms with Crippen LogP contribution in [0.4, 0.5) is 0 Å². The summed E-state index contributed by atoms with van der Waals surface area (Å²) in [5.74, 6) is 0.885. The van der Waals surface area contributed by atoms with E-state index >= 15 is 0 Å². The molecule has 0 unspecified atom stereocenters. The molecule has 0 atom stereocenters. The molecule has 0 N–H and O–H groups in total. The highest BCUT2D eigenvalue weighted by Gasteiger charge is 1.99. The fourth-order valence-electron chi connectivity index (χ4n) is 2.54. The summed E-state index contributed by atoms with van der Waals surface area (Å²) in [7, 11) is 2.08. The maximum Gasteiger partial charge on any atom is 0.243 e. The fraction of sp³-hybridized carbons (Fsp3) is 0.824. The van der Waals surface area contributed by atoms with Crippen LogP contribution in [0.3, 0.4) is 0 Å². The minimum atomic E-state index is 0.885. The molecule has 0 saturated carbocycles. The molecular weight excluding hydrogens is 232 g/mol. The van der Waals surface area contributed by atoms with Crippen LogP contribution in [0.15, 0.2) is 18.7 Å². The third kappa shape index (κ3) is 8.85. The second kappa shape index (κ2) is 10.1. The smallest absolute Gasteiger partial charge is 0.240 e. The van der Waals surface area contributed by atoms with Crippen molar-refractivity contribution in [1.29, 1.82) is 0 Å². The van der Waals surface area contributed by atoms with Gasteiger partial charge in [-0.1, -0.05) is 58.8 Å². The summed E-state index contributed by atoms with van der Waals surface area (Å²) < 4.78 is 4.39. The van der Waals surface area contributed by atoms with Gasteiger partial charge in [-0.3, -0.25) is 0 Å². The van der Waals surface area contributed by atoms with Crippen LogP contribution in [0.2, 0.25) is 0 Å². The van der Waals surface area contributed by atoms with Gasteiger partial charge in [0.05, 0.1) is 13.6 Å². The van der Waals surface area contributed by atoms with Crippen molar-refractivity contribution in [3.8, 4) is 0 Å². The number of unbranched alkanes of at least 4 members (excludes halogenated alkanes) is 7. The first-order chi connectivity index (χ1) is 9.18. The van der Waals surface area contributed by atoms with Crippen molar-refractivity contribution in [1.82, 2.24) is 4.57 Å². The third-order valence-electron chi connectivity index (χ3n) is 3.77. The predicted molar refractivity (Wildman–Crippen MR) is 82.0 cm³/mol. The minimum absolute atomic E-state index is 0.885. The van der Waals surface area contributed by atoms with Gasteiger partial charge in [-0.05, 0) is 18.8 Å². The third-order valence-corrected chi connectivity index (χ3v) is 3.77. The Hall–Kier alpha value is -0.790. The zero-order chi connectivity index (χ0) is 13.9. The van der Waals surface area contributed by atoms with E-state index in [0.717, 1.165) is 5.92 Å². The Morgan fingerprint density at radius 3 is 2.00 bits per heavy atom. The first-order valence-electron chi connectivity index (χ1n) is 8.19. The van der Waals surface area contributed by atoms with Crippen LogP contribution in [0.1, 0.15) is 71.6 Å². The number of rotatable bonds is 11. The van der Waals surface area contributed by atoms with E-state index in [1.165, 1.54) is 64.3 Å². The van der Waals surface area contributed by atoms with Crippen LogP contribution >= 0.6 is 0 Å². The summed E-state index contributed by atoms with van der Waals surface area (Å²) in [5.41, 5.74) is 0. The lowest BCUT2D eigenvalue weighted by Gasteiger charge is -2.04. The van der Waals surface area contributed by atoms with Gasteiger partial charge in [0.1, 0.15) is 12.4 Å². The van der Waals surface area contributed by atoms with E-state index in [4.69, 9.17) is 0 Å². The summed E-state index contributed by atoms with van der Waals surface area (Å²) in [4.78, 5) is 0. The van der Waals surface area contributed by atoms with E-state index in [1.807, 2.05) is 0 Å². The van der Waals surface area contributed by atoms with Gasteiger partial charge in [0.2, 0.25) is 6.33 Å². The molecule has 0 amide bonds. The van der Waals surface area contributed by atoms with Crippen molar-refractivity contribution < 1.29 is 4.57 Å². The van der Waals surface area contributed by atoms with E-state index in [0.29, 0.717) is 0 Å². The van der Waals surface area contributed by atoms with Gasteiger partial charge in [0.15, 0.2) is 0 Å². The topological polar surface area (TPSA) is 8.81 Å². The second-order valence-corrected chi connectivity index (χ2v) is 6.33. The number of aromatic nitrogens is 2. The van der Waals surface area contributed by atoms with Gasteiger partial charge in [0.25, 0.3) is 0 Å². The SMILES string of the molecule is CC(C)CCCCCCCCCCn1cc[n+](C)c1. The molecule has 1 aromatic rings. The molecule has 2 heteroatoms. The van der Waals surface area contributed by atoms with Crippen LogP contribution in [0.25, 0.3) is 0 Å². The summed E-state index contributed by atoms with van der Waals surface area (Å²) >= 11 is 0. The molecule has 0 aliphatic rings. The highest BCUT2D eigenvalue weighted by molar-refractivity contribution is 4.65. The van der Waals surface area contributed by atoms with Crippen LogP contribution in [0.5, 0.6) is 0 Å². The molecule has 0 spiro atoms. The first-order valence-corrected chi connectivity index (χ1v) is 8.19. The van der Waals surface area contributed by atoms with E-state index < -0.39 is 0 Å². The standard InChI is InChI=1S/C17H33N2/c1-17(2)12-10-8-6-4-5-7-9-11-13-19-15-14-18(3)16-19/h14-17H,4-13H2,1-3H3/q+1. The highest BCUT2D eigenvalue weighted by Crippen LogP contribution is 2.12. The average molecular weight is 265 g/mol. The molecule has 0 fully saturated rings. The van der Waals surface area contributed by atoms with Gasteiger partial charge < -0.3 is 0 Å². The number of nitrogens with zero attached hydrogens (tertiary/aromatic N) is 2. The largest absolute Gasteiger partial charge is 0.243 e. The molecule has 1 rings (SSSR count). The molecule has 1 heterocycles. The van der Waals surface area contributed by atoms with Crippen molar-refractivity contribution >= 4 is 0 Å². The Labute approximate surface area is 119 Å².